The fourth-order valence-electron chi connectivity index (χ4n) is 3.74. The monoisotopic (exact) mass is 370 g/mol. The number of carbonyl (C=O) groups is 2. The summed E-state index contributed by atoms with van der Waals surface area (Å²) in [5.41, 5.74) is 0.700. The van der Waals surface area contributed by atoms with Gasteiger partial charge in [0.25, 0.3) is 5.56 Å². The topological polar surface area (TPSA) is 87.5 Å². The number of ether oxygens (including phenoxy) is 2. The maximum Gasteiger partial charge on any atom is 0.347 e. The van der Waals surface area contributed by atoms with Gasteiger partial charge in [-0.1, -0.05) is 12.8 Å². The molecule has 0 amide bonds. The molecule has 0 bridgehead atoms. The van der Waals surface area contributed by atoms with Crippen molar-refractivity contribution in [3.8, 4) is 0 Å². The molecule has 0 N–H and O–H groups in total. The number of esters is 2. The van der Waals surface area contributed by atoms with Crippen LogP contribution in [0, 0.1) is 0 Å². The molecule has 7 heteroatoms. The quantitative estimate of drug-likeness (QED) is 0.754. The number of nitrogens with zero attached hydrogens (tertiary/aromatic N) is 2. The summed E-state index contributed by atoms with van der Waals surface area (Å²) >= 11 is 0. The molecule has 1 aromatic heterocycles. The fourth-order valence-corrected chi connectivity index (χ4v) is 3.74. The summed E-state index contributed by atoms with van der Waals surface area (Å²) in [4.78, 5) is 41.6. The van der Waals surface area contributed by atoms with Gasteiger partial charge in [0.1, 0.15) is 11.9 Å². The van der Waals surface area contributed by atoms with Crippen LogP contribution in [-0.4, -0.2) is 33.7 Å². The van der Waals surface area contributed by atoms with E-state index in [9.17, 15) is 14.4 Å². The Bertz CT molecular complexity index is 965. The number of carbonyl (C=O) groups excluding carboxylic acids is 2. The van der Waals surface area contributed by atoms with Crippen LogP contribution in [0.25, 0.3) is 10.9 Å². The van der Waals surface area contributed by atoms with E-state index in [1.165, 1.54) is 0 Å². The molecule has 4 rings (SSSR count). The van der Waals surface area contributed by atoms with Gasteiger partial charge in [-0.2, -0.15) is 0 Å². The highest BCUT2D eigenvalue weighted by Gasteiger charge is 2.35. The van der Waals surface area contributed by atoms with Crippen molar-refractivity contribution in [1.29, 1.82) is 0 Å². The molecule has 2 aliphatic rings. The van der Waals surface area contributed by atoms with Crippen molar-refractivity contribution >= 4 is 22.8 Å². The van der Waals surface area contributed by atoms with E-state index in [-0.39, 0.29) is 17.2 Å². The Labute approximate surface area is 156 Å². The van der Waals surface area contributed by atoms with Crippen LogP contribution >= 0.6 is 0 Å². The largest absolute Gasteiger partial charge is 0.460 e. The van der Waals surface area contributed by atoms with E-state index in [4.69, 9.17) is 9.47 Å². The van der Waals surface area contributed by atoms with Crippen molar-refractivity contribution in [2.75, 3.05) is 0 Å². The molecule has 1 fully saturated rings. The van der Waals surface area contributed by atoms with Crippen molar-refractivity contribution in [3.05, 3.63) is 39.9 Å². The van der Waals surface area contributed by atoms with E-state index < -0.39 is 18.0 Å². The van der Waals surface area contributed by atoms with Crippen LogP contribution < -0.4 is 5.56 Å². The second-order valence-corrected chi connectivity index (χ2v) is 7.26. The minimum Gasteiger partial charge on any atom is -0.460 e. The Balaban J connectivity index is 1.65. The average Bonchev–Trinajstić information content (AvgIpc) is 2.93. The van der Waals surface area contributed by atoms with Crippen molar-refractivity contribution in [2.45, 2.75) is 64.2 Å². The lowest BCUT2D eigenvalue weighted by molar-refractivity contribution is -0.147. The number of fused-ring (bicyclic) bond motifs is 2. The van der Waals surface area contributed by atoms with Crippen LogP contribution in [0.5, 0.6) is 0 Å². The van der Waals surface area contributed by atoms with Gasteiger partial charge in [0.15, 0.2) is 0 Å². The van der Waals surface area contributed by atoms with Gasteiger partial charge in [-0.05, 0) is 38.0 Å². The first-order valence-corrected chi connectivity index (χ1v) is 9.48. The summed E-state index contributed by atoms with van der Waals surface area (Å²) in [5, 5.41) is 0.491. The molecule has 0 spiro atoms. The Kier molecular flexibility index (Phi) is 4.68. The van der Waals surface area contributed by atoms with Crippen LogP contribution in [0.1, 0.15) is 55.2 Å². The minimum absolute atomic E-state index is 0.0648. The first-order valence-electron chi connectivity index (χ1n) is 9.48. The van der Waals surface area contributed by atoms with Crippen molar-refractivity contribution in [2.24, 2.45) is 0 Å². The SMILES string of the molecule is CC1CC(OC(=O)c2ccc3c(=O)n4c(nc3c2)CCCCCC4)C(=O)O1. The van der Waals surface area contributed by atoms with E-state index in [1.54, 1.807) is 29.7 Å². The molecule has 3 heterocycles. The van der Waals surface area contributed by atoms with E-state index in [0.717, 1.165) is 37.9 Å². The molecule has 27 heavy (non-hydrogen) atoms. The molecule has 1 saturated heterocycles. The van der Waals surface area contributed by atoms with E-state index in [2.05, 4.69) is 4.98 Å². The van der Waals surface area contributed by atoms with Gasteiger partial charge in [0, 0.05) is 19.4 Å². The maximum absolute atomic E-state index is 12.8. The third kappa shape index (κ3) is 3.46. The van der Waals surface area contributed by atoms with E-state index >= 15 is 0 Å². The highest BCUT2D eigenvalue weighted by Crippen LogP contribution is 2.20. The lowest BCUT2D eigenvalue weighted by Gasteiger charge is -2.16. The summed E-state index contributed by atoms with van der Waals surface area (Å²) < 4.78 is 12.1. The standard InChI is InChI=1S/C20H22N2O5/c1-12-10-16(20(25)26-12)27-19(24)13-7-8-14-15(11-13)21-17-6-4-2-3-5-9-22(17)18(14)23/h7-8,11-12,16H,2-6,9-10H2,1H3. The van der Waals surface area contributed by atoms with Gasteiger partial charge in [0.2, 0.25) is 6.10 Å². The number of aromatic nitrogens is 2. The number of aryl methyl sites for hydroxylation is 1. The van der Waals surface area contributed by atoms with Crippen LogP contribution in [0.2, 0.25) is 0 Å². The number of cyclic esters (lactones) is 1. The molecular formula is C20H22N2O5. The van der Waals surface area contributed by atoms with Gasteiger partial charge < -0.3 is 9.47 Å². The first kappa shape index (κ1) is 17.7. The Morgan fingerprint density at radius 3 is 2.81 bits per heavy atom. The van der Waals surface area contributed by atoms with Gasteiger partial charge in [-0.15, -0.1) is 0 Å². The molecule has 2 aromatic rings. The summed E-state index contributed by atoms with van der Waals surface area (Å²) in [6.45, 7) is 2.44. The summed E-state index contributed by atoms with van der Waals surface area (Å²) in [7, 11) is 0. The number of hydrogen-bond acceptors (Lipinski definition) is 6. The van der Waals surface area contributed by atoms with Gasteiger partial charge >= 0.3 is 11.9 Å². The molecule has 0 saturated carbocycles. The Hall–Kier alpha value is -2.70. The second-order valence-electron chi connectivity index (χ2n) is 7.26. The predicted molar refractivity (Wildman–Crippen MR) is 97.5 cm³/mol. The fraction of sp³-hybridized carbons (Fsp3) is 0.500. The summed E-state index contributed by atoms with van der Waals surface area (Å²) in [5.74, 6) is -0.359. The van der Waals surface area contributed by atoms with Gasteiger partial charge in [-0.25, -0.2) is 14.6 Å². The first-order chi connectivity index (χ1) is 13.0. The van der Waals surface area contributed by atoms with Crippen LogP contribution in [-0.2, 0) is 27.2 Å². The zero-order valence-electron chi connectivity index (χ0n) is 15.3. The lowest BCUT2D eigenvalue weighted by atomic mass is 10.1. The van der Waals surface area contributed by atoms with Crippen LogP contribution in [0.15, 0.2) is 23.0 Å². The molecule has 2 atom stereocenters. The van der Waals surface area contributed by atoms with Crippen molar-refractivity contribution in [1.82, 2.24) is 9.55 Å². The lowest BCUT2D eigenvalue weighted by Crippen LogP contribution is -2.27. The Morgan fingerprint density at radius 1 is 1.22 bits per heavy atom. The normalized spacial score (nSPS) is 22.6. The molecule has 0 radical (unpaired) electrons. The van der Waals surface area contributed by atoms with E-state index in [0.29, 0.717) is 23.9 Å². The molecule has 2 aliphatic heterocycles. The minimum atomic E-state index is -0.877. The van der Waals surface area contributed by atoms with Crippen LogP contribution in [0.4, 0.5) is 0 Å². The Morgan fingerprint density at radius 2 is 2.04 bits per heavy atom. The van der Waals surface area contributed by atoms with Crippen molar-refractivity contribution in [3.63, 3.8) is 0 Å². The third-order valence-electron chi connectivity index (χ3n) is 5.18. The average molecular weight is 370 g/mol. The number of hydrogen-bond donors (Lipinski definition) is 0. The van der Waals surface area contributed by atoms with Crippen LogP contribution in [0.3, 0.4) is 0 Å². The maximum atomic E-state index is 12.8. The summed E-state index contributed by atoms with van der Waals surface area (Å²) in [6, 6.07) is 4.73. The molecule has 0 aliphatic carbocycles. The molecular weight excluding hydrogens is 348 g/mol. The predicted octanol–water partition coefficient (Wildman–Crippen LogP) is 2.37. The highest BCUT2D eigenvalue weighted by molar-refractivity contribution is 5.95. The second kappa shape index (κ2) is 7.13. The number of rotatable bonds is 2. The molecule has 7 nitrogen and oxygen atoms in total. The number of benzene rings is 1. The van der Waals surface area contributed by atoms with E-state index in [1.807, 2.05) is 0 Å². The highest BCUT2D eigenvalue weighted by atomic mass is 16.6. The van der Waals surface area contributed by atoms with Crippen molar-refractivity contribution < 1.29 is 19.1 Å². The van der Waals surface area contributed by atoms with Gasteiger partial charge in [-0.3, -0.25) is 9.36 Å². The third-order valence-corrected chi connectivity index (χ3v) is 5.18. The zero-order chi connectivity index (χ0) is 19.0. The van der Waals surface area contributed by atoms with Gasteiger partial charge in [0.05, 0.1) is 16.5 Å². The zero-order valence-corrected chi connectivity index (χ0v) is 15.3. The molecule has 2 unspecified atom stereocenters. The molecule has 1 aromatic carbocycles. The summed E-state index contributed by atoms with van der Waals surface area (Å²) in [6.07, 6.45) is 4.21. The smallest absolute Gasteiger partial charge is 0.347 e. The molecule has 142 valence electrons.